The summed E-state index contributed by atoms with van der Waals surface area (Å²) in [5.41, 5.74) is 4.40. The molecule has 1 aliphatic rings. The van der Waals surface area contributed by atoms with Crippen molar-refractivity contribution in [2.45, 2.75) is 25.8 Å². The van der Waals surface area contributed by atoms with E-state index in [1.165, 1.54) is 17.7 Å². The summed E-state index contributed by atoms with van der Waals surface area (Å²) >= 11 is 0. The molecule has 2 heterocycles. The summed E-state index contributed by atoms with van der Waals surface area (Å²) in [5.74, 6) is -0.0665. The van der Waals surface area contributed by atoms with Crippen molar-refractivity contribution in [2.24, 2.45) is 0 Å². The number of piperazine rings is 1. The van der Waals surface area contributed by atoms with Crippen LogP contribution in [0.4, 0.5) is 4.39 Å². The van der Waals surface area contributed by atoms with Gasteiger partial charge < -0.3 is 15.2 Å². The maximum absolute atomic E-state index is 13.1. The van der Waals surface area contributed by atoms with Crippen LogP contribution in [0.5, 0.6) is 0 Å². The van der Waals surface area contributed by atoms with Gasteiger partial charge in [0, 0.05) is 42.8 Å². The molecule has 1 saturated heterocycles. The molecule has 0 spiro atoms. The summed E-state index contributed by atoms with van der Waals surface area (Å²) in [4.78, 5) is 18.1. The van der Waals surface area contributed by atoms with Crippen molar-refractivity contribution in [3.8, 4) is 0 Å². The number of benzene rings is 2. The molecule has 1 aromatic heterocycles. The van der Waals surface area contributed by atoms with Gasteiger partial charge in [-0.2, -0.15) is 0 Å². The molecule has 140 valence electrons. The van der Waals surface area contributed by atoms with Crippen LogP contribution in [-0.4, -0.2) is 41.5 Å². The van der Waals surface area contributed by atoms with Gasteiger partial charge in [-0.25, -0.2) is 4.39 Å². The average molecular weight is 365 g/mol. The van der Waals surface area contributed by atoms with Crippen LogP contribution < -0.4 is 5.32 Å². The Morgan fingerprint density at radius 1 is 1.22 bits per heavy atom. The van der Waals surface area contributed by atoms with Gasteiger partial charge in [-0.05, 0) is 48.2 Å². The number of fused-ring (bicyclic) bond motifs is 1. The fourth-order valence-corrected chi connectivity index (χ4v) is 3.81. The van der Waals surface area contributed by atoms with Crippen LogP contribution in [0.15, 0.2) is 48.7 Å². The Bertz CT molecular complexity index is 948. The Balaban J connectivity index is 1.41. The van der Waals surface area contributed by atoms with E-state index in [1.807, 2.05) is 23.2 Å². The predicted molar refractivity (Wildman–Crippen MR) is 105 cm³/mol. The summed E-state index contributed by atoms with van der Waals surface area (Å²) in [7, 11) is 0. The molecule has 4 nitrogen and oxygen atoms in total. The average Bonchev–Trinajstić information content (AvgIpc) is 3.05. The molecule has 0 bridgehead atoms. The first kappa shape index (κ1) is 17.7. The van der Waals surface area contributed by atoms with E-state index in [-0.39, 0.29) is 17.8 Å². The lowest BCUT2D eigenvalue weighted by Crippen LogP contribution is -2.53. The standard InChI is InChI=1S/C22H24FN3O/c1-15-2-7-20-17(13-25-21(20)10-15)12-22(27)26-9-8-24-19(14-26)11-16-3-5-18(23)6-4-16/h2-7,10,13,19,24-25H,8-9,11-12,14H2,1H3. The van der Waals surface area contributed by atoms with Crippen molar-refractivity contribution in [3.05, 3.63) is 71.2 Å². The second kappa shape index (κ2) is 7.53. The molecular formula is C22H24FN3O. The summed E-state index contributed by atoms with van der Waals surface area (Å²) in [6.07, 6.45) is 3.14. The fourth-order valence-electron chi connectivity index (χ4n) is 3.81. The molecule has 1 amide bonds. The molecule has 4 rings (SSSR count). The highest BCUT2D eigenvalue weighted by molar-refractivity contribution is 5.89. The van der Waals surface area contributed by atoms with Crippen molar-refractivity contribution in [1.82, 2.24) is 15.2 Å². The Morgan fingerprint density at radius 3 is 2.85 bits per heavy atom. The molecule has 2 aromatic carbocycles. The van der Waals surface area contributed by atoms with Crippen LogP contribution >= 0.6 is 0 Å². The predicted octanol–water partition coefficient (Wildman–Crippen LogP) is 3.20. The van der Waals surface area contributed by atoms with Crippen molar-refractivity contribution >= 4 is 16.8 Å². The Hall–Kier alpha value is -2.66. The molecule has 0 aliphatic carbocycles. The van der Waals surface area contributed by atoms with Gasteiger partial charge in [-0.15, -0.1) is 0 Å². The Labute approximate surface area is 158 Å². The SMILES string of the molecule is Cc1ccc2c(CC(=O)N3CCNC(Cc4ccc(F)cc4)C3)c[nH]c2c1. The lowest BCUT2D eigenvalue weighted by atomic mass is 10.0. The third kappa shape index (κ3) is 4.03. The van der Waals surface area contributed by atoms with Crippen LogP contribution in [0.1, 0.15) is 16.7 Å². The van der Waals surface area contributed by atoms with E-state index < -0.39 is 0 Å². The van der Waals surface area contributed by atoms with E-state index in [1.54, 1.807) is 0 Å². The number of aromatic nitrogens is 1. The molecule has 1 atom stereocenters. The number of H-pyrrole nitrogens is 1. The van der Waals surface area contributed by atoms with Crippen LogP contribution in [0.25, 0.3) is 10.9 Å². The first-order valence-corrected chi connectivity index (χ1v) is 9.41. The minimum absolute atomic E-state index is 0.155. The van der Waals surface area contributed by atoms with Gasteiger partial charge in [0.1, 0.15) is 5.82 Å². The molecule has 0 radical (unpaired) electrons. The third-order valence-electron chi connectivity index (χ3n) is 5.27. The first-order valence-electron chi connectivity index (χ1n) is 9.41. The highest BCUT2D eigenvalue weighted by atomic mass is 19.1. The van der Waals surface area contributed by atoms with Gasteiger partial charge in [0.15, 0.2) is 0 Å². The van der Waals surface area contributed by atoms with E-state index in [2.05, 4.69) is 35.4 Å². The van der Waals surface area contributed by atoms with Crippen molar-refractivity contribution in [1.29, 1.82) is 0 Å². The molecule has 5 heteroatoms. The number of amides is 1. The lowest BCUT2D eigenvalue weighted by molar-refractivity contribution is -0.131. The van der Waals surface area contributed by atoms with E-state index >= 15 is 0 Å². The van der Waals surface area contributed by atoms with E-state index in [0.717, 1.165) is 41.5 Å². The number of aryl methyl sites for hydroxylation is 1. The zero-order chi connectivity index (χ0) is 18.8. The molecular weight excluding hydrogens is 341 g/mol. The highest BCUT2D eigenvalue weighted by Crippen LogP contribution is 2.21. The maximum Gasteiger partial charge on any atom is 0.227 e. The smallest absolute Gasteiger partial charge is 0.227 e. The summed E-state index contributed by atoms with van der Waals surface area (Å²) in [5, 5.41) is 4.59. The molecule has 1 unspecified atom stereocenters. The van der Waals surface area contributed by atoms with Gasteiger partial charge in [0.2, 0.25) is 5.91 Å². The summed E-state index contributed by atoms with van der Waals surface area (Å²) < 4.78 is 13.1. The third-order valence-corrected chi connectivity index (χ3v) is 5.27. The van der Waals surface area contributed by atoms with Crippen LogP contribution in [0.3, 0.4) is 0 Å². The number of hydrogen-bond donors (Lipinski definition) is 2. The zero-order valence-electron chi connectivity index (χ0n) is 15.5. The van der Waals surface area contributed by atoms with Crippen LogP contribution in [-0.2, 0) is 17.6 Å². The number of hydrogen-bond acceptors (Lipinski definition) is 2. The Kier molecular flexibility index (Phi) is 4.94. The van der Waals surface area contributed by atoms with Gasteiger partial charge in [0.25, 0.3) is 0 Å². The lowest BCUT2D eigenvalue weighted by Gasteiger charge is -2.34. The summed E-state index contributed by atoms with van der Waals surface area (Å²) in [6, 6.07) is 13.1. The number of carbonyl (C=O) groups is 1. The van der Waals surface area contributed by atoms with Crippen LogP contribution in [0.2, 0.25) is 0 Å². The first-order chi connectivity index (χ1) is 13.1. The monoisotopic (exact) mass is 365 g/mol. The van der Waals surface area contributed by atoms with Gasteiger partial charge in [-0.3, -0.25) is 4.79 Å². The Morgan fingerprint density at radius 2 is 2.04 bits per heavy atom. The number of aromatic amines is 1. The van der Waals surface area contributed by atoms with E-state index in [0.29, 0.717) is 13.0 Å². The summed E-state index contributed by atoms with van der Waals surface area (Å²) in [6.45, 7) is 4.25. The number of carbonyl (C=O) groups excluding carboxylic acids is 1. The normalized spacial score (nSPS) is 17.4. The van der Waals surface area contributed by atoms with Gasteiger partial charge in [-0.1, -0.05) is 24.3 Å². The van der Waals surface area contributed by atoms with Crippen molar-refractivity contribution in [2.75, 3.05) is 19.6 Å². The molecule has 1 fully saturated rings. The number of rotatable bonds is 4. The largest absolute Gasteiger partial charge is 0.361 e. The zero-order valence-corrected chi connectivity index (χ0v) is 15.5. The van der Waals surface area contributed by atoms with E-state index in [4.69, 9.17) is 0 Å². The topological polar surface area (TPSA) is 48.1 Å². The second-order valence-corrected chi connectivity index (χ2v) is 7.36. The maximum atomic E-state index is 13.1. The number of nitrogens with one attached hydrogen (secondary N) is 2. The highest BCUT2D eigenvalue weighted by Gasteiger charge is 2.24. The second-order valence-electron chi connectivity index (χ2n) is 7.36. The fraction of sp³-hybridized carbons (Fsp3) is 0.318. The molecule has 1 aliphatic heterocycles. The molecule has 3 aromatic rings. The quantitative estimate of drug-likeness (QED) is 0.746. The van der Waals surface area contributed by atoms with Crippen LogP contribution in [0, 0.1) is 12.7 Å². The van der Waals surface area contributed by atoms with Gasteiger partial charge in [0.05, 0.1) is 6.42 Å². The molecule has 27 heavy (non-hydrogen) atoms. The van der Waals surface area contributed by atoms with Crippen molar-refractivity contribution < 1.29 is 9.18 Å². The van der Waals surface area contributed by atoms with Crippen molar-refractivity contribution in [3.63, 3.8) is 0 Å². The minimum atomic E-state index is -0.221. The minimum Gasteiger partial charge on any atom is -0.361 e. The number of halogens is 1. The molecule has 2 N–H and O–H groups in total. The number of nitrogens with zero attached hydrogens (tertiary/aromatic N) is 1. The van der Waals surface area contributed by atoms with E-state index in [9.17, 15) is 9.18 Å². The van der Waals surface area contributed by atoms with Gasteiger partial charge >= 0.3 is 0 Å². The molecule has 0 saturated carbocycles.